The lowest BCUT2D eigenvalue weighted by molar-refractivity contribution is 0.151. The van der Waals surface area contributed by atoms with E-state index in [1.807, 2.05) is 0 Å². The maximum Gasteiger partial charge on any atom is 0.123 e. The van der Waals surface area contributed by atoms with Gasteiger partial charge in [-0.2, -0.15) is 0 Å². The van der Waals surface area contributed by atoms with E-state index < -0.39 is 0 Å². The molecule has 3 rings (SSSR count). The molecule has 2 heterocycles. The molecule has 0 radical (unpaired) electrons. The Kier molecular flexibility index (Phi) is 4.18. The van der Waals surface area contributed by atoms with Crippen molar-refractivity contribution in [3.63, 3.8) is 0 Å². The van der Waals surface area contributed by atoms with Gasteiger partial charge in [0.2, 0.25) is 0 Å². The number of likely N-dealkylation sites (tertiary alicyclic amines) is 1. The van der Waals surface area contributed by atoms with E-state index in [9.17, 15) is 0 Å². The normalized spacial score (nSPS) is 20.2. The molecule has 0 N–H and O–H groups in total. The predicted molar refractivity (Wildman–Crippen MR) is 86.0 cm³/mol. The van der Waals surface area contributed by atoms with Gasteiger partial charge in [-0.25, -0.2) is 4.98 Å². The average Bonchev–Trinajstić information content (AvgIpc) is 2.90. The molecule has 1 atom stereocenters. The highest BCUT2D eigenvalue weighted by Crippen LogP contribution is 2.28. The third kappa shape index (κ3) is 2.94. The maximum absolute atomic E-state index is 4.85. The zero-order chi connectivity index (χ0) is 13.9. The van der Waals surface area contributed by atoms with Gasteiger partial charge in [0.1, 0.15) is 5.01 Å². The van der Waals surface area contributed by atoms with Gasteiger partial charge in [0, 0.05) is 23.5 Å². The molecular weight excluding hydrogens is 264 g/mol. The van der Waals surface area contributed by atoms with Gasteiger partial charge in [0.25, 0.3) is 0 Å². The second-order valence-corrected chi connectivity index (χ2v) is 6.63. The molecule has 1 aliphatic heterocycles. The molecule has 0 amide bonds. The molecule has 1 unspecified atom stereocenters. The van der Waals surface area contributed by atoms with Gasteiger partial charge in [-0.3, -0.25) is 4.90 Å². The van der Waals surface area contributed by atoms with Crippen molar-refractivity contribution in [2.24, 2.45) is 0 Å². The van der Waals surface area contributed by atoms with Crippen LogP contribution in [0.15, 0.2) is 29.6 Å². The number of rotatable bonds is 3. The van der Waals surface area contributed by atoms with Crippen LogP contribution in [0, 0.1) is 6.92 Å². The molecule has 2 nitrogen and oxygen atoms in total. The first-order chi connectivity index (χ1) is 9.74. The molecular formula is C17H22N2S. The minimum atomic E-state index is 0.701. The maximum atomic E-state index is 4.85. The molecule has 0 saturated carbocycles. The van der Waals surface area contributed by atoms with E-state index in [0.29, 0.717) is 6.04 Å². The lowest BCUT2D eigenvalue weighted by atomic mass is 10.0. The minimum absolute atomic E-state index is 0.701. The second kappa shape index (κ2) is 6.06. The molecule has 20 heavy (non-hydrogen) atoms. The Bertz CT molecular complexity index is 576. The highest BCUT2D eigenvalue weighted by Gasteiger charge is 2.19. The highest BCUT2D eigenvalue weighted by molar-refractivity contribution is 7.13. The Hall–Kier alpha value is -1.19. The number of nitrogens with zero attached hydrogens (tertiary/aromatic N) is 2. The largest absolute Gasteiger partial charge is 0.295 e. The summed E-state index contributed by atoms with van der Waals surface area (Å²) in [6.45, 7) is 6.72. The van der Waals surface area contributed by atoms with Crippen molar-refractivity contribution in [2.75, 3.05) is 6.54 Å². The molecule has 0 aliphatic carbocycles. The van der Waals surface area contributed by atoms with Crippen LogP contribution in [-0.4, -0.2) is 22.5 Å². The summed E-state index contributed by atoms with van der Waals surface area (Å²) in [6, 6.07) is 9.20. The standard InChI is InChI=1S/C17H22N2S/c1-13-7-3-4-9-16(13)17-18-15(12-20-17)11-19-10-6-5-8-14(19)2/h3-4,7,9,12,14H,5-6,8,10-11H2,1-2H3. The third-order valence-electron chi connectivity index (χ3n) is 4.23. The fourth-order valence-electron chi connectivity index (χ4n) is 2.92. The average molecular weight is 286 g/mol. The quantitative estimate of drug-likeness (QED) is 0.826. The first-order valence-corrected chi connectivity index (χ1v) is 8.36. The van der Waals surface area contributed by atoms with Crippen molar-refractivity contribution in [1.82, 2.24) is 9.88 Å². The fourth-order valence-corrected chi connectivity index (χ4v) is 3.82. The fraction of sp³-hybridized carbons (Fsp3) is 0.471. The first-order valence-electron chi connectivity index (χ1n) is 7.48. The number of aromatic nitrogens is 1. The van der Waals surface area contributed by atoms with Crippen LogP contribution in [0.1, 0.15) is 37.4 Å². The summed E-state index contributed by atoms with van der Waals surface area (Å²) in [5.74, 6) is 0. The Morgan fingerprint density at radius 2 is 2.15 bits per heavy atom. The summed E-state index contributed by atoms with van der Waals surface area (Å²) in [5, 5.41) is 3.38. The molecule has 2 aromatic rings. The number of hydrogen-bond acceptors (Lipinski definition) is 3. The number of piperidine rings is 1. The van der Waals surface area contributed by atoms with Crippen LogP contribution in [0.4, 0.5) is 0 Å². The topological polar surface area (TPSA) is 16.1 Å². The van der Waals surface area contributed by atoms with Gasteiger partial charge in [-0.05, 0) is 38.8 Å². The van der Waals surface area contributed by atoms with Crippen LogP contribution in [0.2, 0.25) is 0 Å². The molecule has 1 aromatic heterocycles. The first kappa shape index (κ1) is 13.8. The smallest absolute Gasteiger partial charge is 0.123 e. The minimum Gasteiger partial charge on any atom is -0.295 e. The van der Waals surface area contributed by atoms with Crippen LogP contribution in [0.25, 0.3) is 10.6 Å². The Balaban J connectivity index is 1.75. The molecule has 3 heteroatoms. The molecule has 106 valence electrons. The van der Waals surface area contributed by atoms with Crippen molar-refractivity contribution in [3.8, 4) is 10.6 Å². The monoisotopic (exact) mass is 286 g/mol. The summed E-state index contributed by atoms with van der Waals surface area (Å²) in [6.07, 6.45) is 4.04. The van der Waals surface area contributed by atoms with Crippen LogP contribution < -0.4 is 0 Å². The number of thiazole rings is 1. The van der Waals surface area contributed by atoms with E-state index in [1.54, 1.807) is 11.3 Å². The zero-order valence-electron chi connectivity index (χ0n) is 12.3. The van der Waals surface area contributed by atoms with Gasteiger partial charge in [-0.15, -0.1) is 11.3 Å². The lowest BCUT2D eigenvalue weighted by Gasteiger charge is -2.32. The van der Waals surface area contributed by atoms with Crippen molar-refractivity contribution in [3.05, 3.63) is 40.9 Å². The predicted octanol–water partition coefficient (Wildman–Crippen LogP) is 4.49. The number of aryl methyl sites for hydroxylation is 1. The van der Waals surface area contributed by atoms with E-state index in [4.69, 9.17) is 4.98 Å². The second-order valence-electron chi connectivity index (χ2n) is 5.77. The summed E-state index contributed by atoms with van der Waals surface area (Å²) < 4.78 is 0. The summed E-state index contributed by atoms with van der Waals surface area (Å²) >= 11 is 1.77. The third-order valence-corrected chi connectivity index (χ3v) is 5.16. The van der Waals surface area contributed by atoms with Crippen LogP contribution in [0.5, 0.6) is 0 Å². The van der Waals surface area contributed by atoms with Crippen molar-refractivity contribution in [2.45, 2.75) is 45.7 Å². The Labute approximate surface area is 125 Å². The number of benzene rings is 1. The van der Waals surface area contributed by atoms with Gasteiger partial charge >= 0.3 is 0 Å². The van der Waals surface area contributed by atoms with Crippen LogP contribution in [-0.2, 0) is 6.54 Å². The SMILES string of the molecule is Cc1ccccc1-c1nc(CN2CCCCC2C)cs1. The molecule has 1 aromatic carbocycles. The van der Waals surface area contributed by atoms with E-state index in [2.05, 4.69) is 48.4 Å². The molecule has 0 bridgehead atoms. The van der Waals surface area contributed by atoms with Gasteiger partial charge in [-0.1, -0.05) is 30.7 Å². The van der Waals surface area contributed by atoms with E-state index >= 15 is 0 Å². The molecule has 0 spiro atoms. The van der Waals surface area contributed by atoms with E-state index in [1.165, 1.54) is 42.6 Å². The molecule has 1 fully saturated rings. The molecule has 1 aliphatic rings. The van der Waals surface area contributed by atoms with Gasteiger partial charge < -0.3 is 0 Å². The van der Waals surface area contributed by atoms with Crippen molar-refractivity contribution in [1.29, 1.82) is 0 Å². The zero-order valence-corrected chi connectivity index (χ0v) is 13.1. The summed E-state index contributed by atoms with van der Waals surface area (Å²) in [5.41, 5.74) is 3.80. The Morgan fingerprint density at radius 3 is 2.95 bits per heavy atom. The van der Waals surface area contributed by atoms with E-state index in [-0.39, 0.29) is 0 Å². The van der Waals surface area contributed by atoms with Gasteiger partial charge in [0.15, 0.2) is 0 Å². The lowest BCUT2D eigenvalue weighted by Crippen LogP contribution is -2.36. The Morgan fingerprint density at radius 1 is 1.30 bits per heavy atom. The van der Waals surface area contributed by atoms with Crippen molar-refractivity contribution >= 4 is 11.3 Å². The highest BCUT2D eigenvalue weighted by atomic mass is 32.1. The molecule has 1 saturated heterocycles. The van der Waals surface area contributed by atoms with Gasteiger partial charge in [0.05, 0.1) is 5.69 Å². The van der Waals surface area contributed by atoms with Crippen molar-refractivity contribution < 1.29 is 0 Å². The number of hydrogen-bond donors (Lipinski definition) is 0. The van der Waals surface area contributed by atoms with Crippen LogP contribution >= 0.6 is 11.3 Å². The van der Waals surface area contributed by atoms with E-state index in [0.717, 1.165) is 11.6 Å². The van der Waals surface area contributed by atoms with Crippen LogP contribution in [0.3, 0.4) is 0 Å². The summed E-state index contributed by atoms with van der Waals surface area (Å²) in [4.78, 5) is 7.42. The summed E-state index contributed by atoms with van der Waals surface area (Å²) in [7, 11) is 0.